The van der Waals surface area contributed by atoms with Gasteiger partial charge in [-0.1, -0.05) is 30.3 Å². The fourth-order valence-electron chi connectivity index (χ4n) is 3.79. The van der Waals surface area contributed by atoms with Crippen LogP contribution in [-0.4, -0.2) is 14.5 Å². The van der Waals surface area contributed by atoms with Gasteiger partial charge in [-0.05, 0) is 53.4 Å². The van der Waals surface area contributed by atoms with Gasteiger partial charge in [0.25, 0.3) is 5.69 Å². The molecule has 1 unspecified atom stereocenters. The number of non-ortho nitro benzene ring substituents is 1. The lowest BCUT2D eigenvalue weighted by molar-refractivity contribution is -0.384. The highest BCUT2D eigenvalue weighted by molar-refractivity contribution is 5.74. The number of aromatic nitrogens is 2. The minimum absolute atomic E-state index is 0.0388. The van der Waals surface area contributed by atoms with Crippen molar-refractivity contribution in [3.8, 4) is 17.2 Å². The summed E-state index contributed by atoms with van der Waals surface area (Å²) in [7, 11) is 1.90. The van der Waals surface area contributed by atoms with Crippen LogP contribution in [0.25, 0.3) is 11.1 Å². The predicted octanol–water partition coefficient (Wildman–Crippen LogP) is 5.48. The molecule has 0 aliphatic carbocycles. The van der Waals surface area contributed by atoms with Gasteiger partial charge in [-0.15, -0.1) is 0 Å². The number of imidazole rings is 1. The quantitative estimate of drug-likeness (QED) is 0.281. The average Bonchev–Trinajstić information content (AvgIpc) is 3.25. The zero-order valence-corrected chi connectivity index (χ0v) is 18.3. The number of nitro groups is 1. The first kappa shape index (κ1) is 21.9. The van der Waals surface area contributed by atoms with Gasteiger partial charge in [0.2, 0.25) is 0 Å². The van der Waals surface area contributed by atoms with Crippen LogP contribution in [0, 0.1) is 28.4 Å². The van der Waals surface area contributed by atoms with Crippen LogP contribution in [-0.2, 0) is 18.4 Å². The average molecular weight is 438 g/mol. The normalized spacial score (nSPS) is 11.7. The summed E-state index contributed by atoms with van der Waals surface area (Å²) in [6.07, 6.45) is 3.03. The van der Waals surface area contributed by atoms with Gasteiger partial charge in [-0.25, -0.2) is 4.98 Å². The molecule has 4 aromatic rings. The monoisotopic (exact) mass is 438 g/mol. The lowest BCUT2D eigenvalue weighted by Gasteiger charge is -2.20. The maximum atomic E-state index is 10.9. The molecule has 0 amide bonds. The molecule has 33 heavy (non-hydrogen) atoms. The summed E-state index contributed by atoms with van der Waals surface area (Å²) in [5.74, 6) is 0. The third kappa shape index (κ3) is 4.66. The molecule has 0 aliphatic rings. The SMILES string of the molecule is Cc1ccccc1-c1cc(C(OCc2ccc([N+](=O)[O-])cc2)c2cncn2C)ccc1C#N. The van der Waals surface area contributed by atoms with Crippen molar-refractivity contribution in [2.24, 2.45) is 7.05 Å². The van der Waals surface area contributed by atoms with Crippen LogP contribution in [0.15, 0.2) is 79.3 Å². The van der Waals surface area contributed by atoms with Gasteiger partial charge < -0.3 is 9.30 Å². The summed E-state index contributed by atoms with van der Waals surface area (Å²) in [5, 5.41) is 20.6. The minimum atomic E-state index is -0.441. The number of hydrogen-bond donors (Lipinski definition) is 0. The van der Waals surface area contributed by atoms with Crippen LogP contribution in [0.1, 0.15) is 34.1 Å². The van der Waals surface area contributed by atoms with Gasteiger partial charge in [-0.3, -0.25) is 10.1 Å². The number of nitrogens with zero attached hydrogens (tertiary/aromatic N) is 4. The molecule has 0 spiro atoms. The summed E-state index contributed by atoms with van der Waals surface area (Å²) < 4.78 is 8.22. The number of aryl methyl sites for hydroxylation is 2. The molecule has 1 aromatic heterocycles. The molecule has 0 saturated heterocycles. The molecule has 3 aromatic carbocycles. The lowest BCUT2D eigenvalue weighted by atomic mass is 9.93. The largest absolute Gasteiger partial charge is 0.363 e. The Labute approximate surface area is 191 Å². The molecule has 1 atom stereocenters. The topological polar surface area (TPSA) is 94.0 Å². The number of benzene rings is 3. The number of ether oxygens (including phenoxy) is 1. The third-order valence-electron chi connectivity index (χ3n) is 5.59. The van der Waals surface area contributed by atoms with Crippen LogP contribution >= 0.6 is 0 Å². The molecule has 7 heteroatoms. The van der Waals surface area contributed by atoms with Crippen LogP contribution < -0.4 is 0 Å². The minimum Gasteiger partial charge on any atom is -0.363 e. The Morgan fingerprint density at radius 2 is 1.88 bits per heavy atom. The van der Waals surface area contributed by atoms with E-state index in [2.05, 4.69) is 11.1 Å². The van der Waals surface area contributed by atoms with E-state index in [1.807, 2.05) is 61.0 Å². The van der Waals surface area contributed by atoms with E-state index in [1.54, 1.807) is 24.7 Å². The lowest BCUT2D eigenvalue weighted by Crippen LogP contribution is -2.11. The molecule has 1 heterocycles. The second kappa shape index (κ2) is 9.47. The Kier molecular flexibility index (Phi) is 6.29. The Hall–Kier alpha value is -4.28. The van der Waals surface area contributed by atoms with Crippen molar-refractivity contribution in [1.29, 1.82) is 5.26 Å². The van der Waals surface area contributed by atoms with Crippen LogP contribution in [0.4, 0.5) is 5.69 Å². The van der Waals surface area contributed by atoms with E-state index in [4.69, 9.17) is 4.74 Å². The first-order valence-corrected chi connectivity index (χ1v) is 10.4. The molecule has 0 fully saturated rings. The third-order valence-corrected chi connectivity index (χ3v) is 5.59. The predicted molar refractivity (Wildman–Crippen MR) is 124 cm³/mol. The van der Waals surface area contributed by atoms with E-state index >= 15 is 0 Å². The first-order valence-electron chi connectivity index (χ1n) is 10.4. The van der Waals surface area contributed by atoms with E-state index in [0.717, 1.165) is 33.5 Å². The van der Waals surface area contributed by atoms with Crippen LogP contribution in [0.5, 0.6) is 0 Å². The van der Waals surface area contributed by atoms with Crippen molar-refractivity contribution < 1.29 is 9.66 Å². The molecule has 7 nitrogen and oxygen atoms in total. The number of rotatable bonds is 7. The fraction of sp³-hybridized carbons (Fsp3) is 0.154. The number of hydrogen-bond acceptors (Lipinski definition) is 5. The summed E-state index contributed by atoms with van der Waals surface area (Å²) in [6.45, 7) is 2.28. The standard InChI is InChI=1S/C26H22N4O3/c1-18-5-3-4-6-23(18)24-13-20(9-10-21(24)14-27)26(25-15-28-17-29(25)2)33-16-19-7-11-22(12-8-19)30(31)32/h3-13,15,17,26H,16H2,1-2H3. The van der Waals surface area contributed by atoms with Gasteiger partial charge in [-0.2, -0.15) is 5.26 Å². The smallest absolute Gasteiger partial charge is 0.269 e. The van der Waals surface area contributed by atoms with Crippen molar-refractivity contribution >= 4 is 5.69 Å². The van der Waals surface area contributed by atoms with Crippen molar-refractivity contribution in [2.75, 3.05) is 0 Å². The van der Waals surface area contributed by atoms with Crippen LogP contribution in [0.3, 0.4) is 0 Å². The summed E-state index contributed by atoms with van der Waals surface area (Å²) in [4.78, 5) is 14.7. The zero-order chi connectivity index (χ0) is 23.4. The summed E-state index contributed by atoms with van der Waals surface area (Å²) in [5.41, 5.74) is 6.11. The van der Waals surface area contributed by atoms with Crippen molar-refractivity contribution in [3.63, 3.8) is 0 Å². The molecule has 4 rings (SSSR count). The molecule has 0 N–H and O–H groups in total. The van der Waals surface area contributed by atoms with Gasteiger partial charge in [0.1, 0.15) is 6.10 Å². The van der Waals surface area contributed by atoms with Gasteiger partial charge >= 0.3 is 0 Å². The molecule has 0 saturated carbocycles. The molecular weight excluding hydrogens is 416 g/mol. The Bertz CT molecular complexity index is 1340. The second-order valence-electron chi connectivity index (χ2n) is 7.78. The van der Waals surface area contributed by atoms with Crippen molar-refractivity contribution in [2.45, 2.75) is 19.6 Å². The molecule has 164 valence electrons. The highest BCUT2D eigenvalue weighted by Crippen LogP contribution is 2.33. The molecule has 0 radical (unpaired) electrons. The maximum absolute atomic E-state index is 10.9. The Morgan fingerprint density at radius 3 is 2.52 bits per heavy atom. The Balaban J connectivity index is 1.72. The second-order valence-corrected chi connectivity index (χ2v) is 7.78. The van der Waals surface area contributed by atoms with Crippen molar-refractivity contribution in [1.82, 2.24) is 9.55 Å². The van der Waals surface area contributed by atoms with E-state index in [0.29, 0.717) is 5.56 Å². The summed E-state index contributed by atoms with van der Waals surface area (Å²) in [6, 6.07) is 22.3. The maximum Gasteiger partial charge on any atom is 0.269 e. The van der Waals surface area contributed by atoms with E-state index in [9.17, 15) is 15.4 Å². The van der Waals surface area contributed by atoms with E-state index in [-0.39, 0.29) is 12.3 Å². The van der Waals surface area contributed by atoms with Gasteiger partial charge in [0.05, 0.1) is 41.4 Å². The van der Waals surface area contributed by atoms with Crippen LogP contribution in [0.2, 0.25) is 0 Å². The molecular formula is C26H22N4O3. The highest BCUT2D eigenvalue weighted by atomic mass is 16.6. The summed E-state index contributed by atoms with van der Waals surface area (Å²) >= 11 is 0. The molecule has 0 bridgehead atoms. The highest BCUT2D eigenvalue weighted by Gasteiger charge is 2.21. The van der Waals surface area contributed by atoms with Gasteiger partial charge in [0, 0.05) is 24.7 Å². The fourth-order valence-corrected chi connectivity index (χ4v) is 3.79. The number of nitro benzene ring substituents is 1. The number of nitriles is 1. The van der Waals surface area contributed by atoms with E-state index < -0.39 is 11.0 Å². The van der Waals surface area contributed by atoms with Crippen molar-refractivity contribution in [3.05, 3.63) is 117 Å². The van der Waals surface area contributed by atoms with Gasteiger partial charge in [0.15, 0.2) is 0 Å². The zero-order valence-electron chi connectivity index (χ0n) is 18.3. The van der Waals surface area contributed by atoms with E-state index in [1.165, 1.54) is 12.1 Å². The Morgan fingerprint density at radius 1 is 1.12 bits per heavy atom. The molecule has 0 aliphatic heterocycles. The first-order chi connectivity index (χ1) is 16.0.